The molecule has 8 nitrogen and oxygen atoms in total. The van der Waals surface area contributed by atoms with Gasteiger partial charge in [-0.2, -0.15) is 0 Å². The molecule has 0 radical (unpaired) electrons. The highest BCUT2D eigenvalue weighted by Crippen LogP contribution is 2.09. The predicted octanol–water partition coefficient (Wildman–Crippen LogP) is -0.951. The fourth-order valence-electron chi connectivity index (χ4n) is 1.83. The van der Waals surface area contributed by atoms with Crippen LogP contribution in [0.1, 0.15) is 16.5 Å². The zero-order chi connectivity index (χ0) is 13.1. The van der Waals surface area contributed by atoms with Crippen molar-refractivity contribution in [1.29, 1.82) is 0 Å². The monoisotopic (exact) mass is 261 g/mol. The van der Waals surface area contributed by atoms with E-state index in [-0.39, 0.29) is 5.91 Å². The Morgan fingerprint density at radius 1 is 1.53 bits per heavy atom. The maximum atomic E-state index is 11.8. The Kier molecular flexibility index (Phi) is 3.23. The third kappa shape index (κ3) is 2.63. The zero-order valence-electron chi connectivity index (χ0n) is 10.4. The second kappa shape index (κ2) is 5.19. The molecule has 8 heteroatoms. The lowest BCUT2D eigenvalue weighted by atomic mass is 10.2. The van der Waals surface area contributed by atoms with Crippen LogP contribution in [0.25, 0.3) is 0 Å². The van der Waals surface area contributed by atoms with Crippen LogP contribution >= 0.6 is 0 Å². The van der Waals surface area contributed by atoms with Gasteiger partial charge in [0.05, 0.1) is 18.6 Å². The quantitative estimate of drug-likeness (QED) is 0.724. The first-order chi connectivity index (χ1) is 9.33. The maximum absolute atomic E-state index is 11.8. The van der Waals surface area contributed by atoms with Crippen molar-refractivity contribution in [2.45, 2.75) is 12.6 Å². The highest BCUT2D eigenvalue weighted by atomic mass is 16.2. The molecule has 3 heterocycles. The fourth-order valence-corrected chi connectivity index (χ4v) is 1.83. The number of hydrogen-bond donors (Lipinski definition) is 2. The maximum Gasteiger partial charge on any atom is 0.273 e. The summed E-state index contributed by atoms with van der Waals surface area (Å²) in [4.78, 5) is 15.8. The second-order valence-corrected chi connectivity index (χ2v) is 4.45. The first-order valence-corrected chi connectivity index (χ1v) is 6.19. The van der Waals surface area contributed by atoms with Gasteiger partial charge in [-0.05, 0) is 0 Å². The summed E-state index contributed by atoms with van der Waals surface area (Å²) in [6, 6.07) is 0.319. The normalized spacial score (nSPS) is 15.2. The molecule has 0 unspecified atom stereocenters. The minimum Gasteiger partial charge on any atom is -0.349 e. The van der Waals surface area contributed by atoms with Gasteiger partial charge in [0.15, 0.2) is 5.69 Å². The summed E-state index contributed by atoms with van der Waals surface area (Å²) in [5.74, 6) is -0.196. The van der Waals surface area contributed by atoms with E-state index in [1.807, 2.05) is 10.8 Å². The SMILES string of the molecule is O=C(NCCn1ccnc1)c1cn(C2CNC2)nn1. The van der Waals surface area contributed by atoms with Crippen molar-refractivity contribution in [1.82, 2.24) is 35.2 Å². The molecule has 2 aromatic rings. The molecule has 0 bridgehead atoms. The molecule has 2 aromatic heterocycles. The molecule has 0 aliphatic carbocycles. The van der Waals surface area contributed by atoms with Gasteiger partial charge in [-0.3, -0.25) is 4.79 Å². The number of amides is 1. The van der Waals surface area contributed by atoms with Gasteiger partial charge >= 0.3 is 0 Å². The molecule has 0 spiro atoms. The molecule has 0 saturated carbocycles. The Balaban J connectivity index is 1.50. The van der Waals surface area contributed by atoms with Crippen LogP contribution in [-0.2, 0) is 6.54 Å². The summed E-state index contributed by atoms with van der Waals surface area (Å²) < 4.78 is 3.64. The number of nitrogens with zero attached hydrogens (tertiary/aromatic N) is 5. The van der Waals surface area contributed by atoms with Gasteiger partial charge in [0.2, 0.25) is 0 Å². The number of carbonyl (C=O) groups is 1. The third-order valence-electron chi connectivity index (χ3n) is 3.09. The van der Waals surface area contributed by atoms with Crippen LogP contribution in [0.2, 0.25) is 0 Å². The Morgan fingerprint density at radius 2 is 2.42 bits per heavy atom. The summed E-state index contributed by atoms with van der Waals surface area (Å²) in [6.07, 6.45) is 6.97. The van der Waals surface area contributed by atoms with Crippen molar-refractivity contribution in [3.63, 3.8) is 0 Å². The topological polar surface area (TPSA) is 89.7 Å². The summed E-state index contributed by atoms with van der Waals surface area (Å²) in [5.41, 5.74) is 0.359. The second-order valence-electron chi connectivity index (χ2n) is 4.45. The smallest absolute Gasteiger partial charge is 0.273 e. The van der Waals surface area contributed by atoms with Crippen LogP contribution in [-0.4, -0.2) is 50.1 Å². The minimum absolute atomic E-state index is 0.196. The molecule has 1 saturated heterocycles. The van der Waals surface area contributed by atoms with Gasteiger partial charge in [-0.15, -0.1) is 5.10 Å². The van der Waals surface area contributed by atoms with Gasteiger partial charge in [-0.25, -0.2) is 9.67 Å². The lowest BCUT2D eigenvalue weighted by molar-refractivity contribution is 0.0947. The molecule has 0 atom stereocenters. The number of nitrogens with one attached hydrogen (secondary N) is 2. The van der Waals surface area contributed by atoms with Gasteiger partial charge in [0, 0.05) is 38.6 Å². The van der Waals surface area contributed by atoms with E-state index in [2.05, 4.69) is 25.9 Å². The van der Waals surface area contributed by atoms with Crippen molar-refractivity contribution in [3.05, 3.63) is 30.6 Å². The largest absolute Gasteiger partial charge is 0.349 e. The molecular weight excluding hydrogens is 246 g/mol. The highest BCUT2D eigenvalue weighted by Gasteiger charge is 2.21. The number of aromatic nitrogens is 5. The van der Waals surface area contributed by atoms with E-state index in [4.69, 9.17) is 0 Å². The van der Waals surface area contributed by atoms with E-state index in [0.717, 1.165) is 13.1 Å². The van der Waals surface area contributed by atoms with Crippen LogP contribution in [0.4, 0.5) is 0 Å². The molecule has 0 aromatic carbocycles. The number of rotatable bonds is 5. The molecule has 2 N–H and O–H groups in total. The molecule has 100 valence electrons. The Labute approximate surface area is 109 Å². The molecule has 1 aliphatic rings. The molecule has 1 amide bonds. The standard InChI is InChI=1S/C11H15N7O/c19-11(14-2-4-17-3-1-12-8-17)10-7-18(16-15-10)9-5-13-6-9/h1,3,7-9,13H,2,4-6H2,(H,14,19). The van der Waals surface area contributed by atoms with Crippen molar-refractivity contribution >= 4 is 5.91 Å². The van der Waals surface area contributed by atoms with Gasteiger partial charge < -0.3 is 15.2 Å². The van der Waals surface area contributed by atoms with Crippen LogP contribution in [0.5, 0.6) is 0 Å². The van der Waals surface area contributed by atoms with Crippen molar-refractivity contribution < 1.29 is 4.79 Å². The van der Waals surface area contributed by atoms with E-state index in [9.17, 15) is 4.79 Å². The Morgan fingerprint density at radius 3 is 3.11 bits per heavy atom. The van der Waals surface area contributed by atoms with Crippen LogP contribution in [0.3, 0.4) is 0 Å². The lowest BCUT2D eigenvalue weighted by Gasteiger charge is -2.26. The molecule has 1 fully saturated rings. The van der Waals surface area contributed by atoms with Crippen LogP contribution < -0.4 is 10.6 Å². The Bertz CT molecular complexity index is 543. The van der Waals surface area contributed by atoms with E-state index in [0.29, 0.717) is 24.8 Å². The average molecular weight is 261 g/mol. The predicted molar refractivity (Wildman–Crippen MR) is 66.5 cm³/mol. The molecule has 19 heavy (non-hydrogen) atoms. The highest BCUT2D eigenvalue weighted by molar-refractivity contribution is 5.91. The summed E-state index contributed by atoms with van der Waals surface area (Å²) in [7, 11) is 0. The van der Waals surface area contributed by atoms with Crippen molar-refractivity contribution in [2.75, 3.05) is 19.6 Å². The summed E-state index contributed by atoms with van der Waals surface area (Å²) >= 11 is 0. The van der Waals surface area contributed by atoms with Crippen molar-refractivity contribution in [2.24, 2.45) is 0 Å². The van der Waals surface area contributed by atoms with Gasteiger partial charge in [-0.1, -0.05) is 5.21 Å². The molecule has 3 rings (SSSR count). The lowest BCUT2D eigenvalue weighted by Crippen LogP contribution is -2.43. The number of imidazole rings is 1. The number of carbonyl (C=O) groups excluding carboxylic acids is 1. The van der Waals surface area contributed by atoms with E-state index in [1.54, 1.807) is 23.4 Å². The minimum atomic E-state index is -0.196. The molecular formula is C11H15N7O. The zero-order valence-corrected chi connectivity index (χ0v) is 10.4. The van der Waals surface area contributed by atoms with E-state index >= 15 is 0 Å². The fraction of sp³-hybridized carbons (Fsp3) is 0.455. The van der Waals surface area contributed by atoms with Crippen LogP contribution in [0.15, 0.2) is 24.9 Å². The van der Waals surface area contributed by atoms with Gasteiger partial charge in [0.25, 0.3) is 5.91 Å². The average Bonchev–Trinajstić information content (AvgIpc) is 2.97. The summed E-state index contributed by atoms with van der Waals surface area (Å²) in [6.45, 7) is 2.98. The first-order valence-electron chi connectivity index (χ1n) is 6.19. The van der Waals surface area contributed by atoms with Crippen molar-refractivity contribution in [3.8, 4) is 0 Å². The van der Waals surface area contributed by atoms with E-state index < -0.39 is 0 Å². The molecule has 1 aliphatic heterocycles. The Hall–Kier alpha value is -2.22. The van der Waals surface area contributed by atoms with Crippen LogP contribution in [0, 0.1) is 0 Å². The first kappa shape index (κ1) is 11.8. The number of hydrogen-bond acceptors (Lipinski definition) is 5. The third-order valence-corrected chi connectivity index (χ3v) is 3.09. The van der Waals surface area contributed by atoms with Gasteiger partial charge in [0.1, 0.15) is 0 Å². The summed E-state index contributed by atoms with van der Waals surface area (Å²) in [5, 5.41) is 13.8. The van der Waals surface area contributed by atoms with E-state index in [1.165, 1.54) is 0 Å².